The zero-order chi connectivity index (χ0) is 17.8. The van der Waals surface area contributed by atoms with Gasteiger partial charge in [-0.15, -0.1) is 4.40 Å². The molecule has 1 fully saturated rings. The average molecular weight is 360 g/mol. The maximum Gasteiger partial charge on any atom is 0.256 e. The number of amidine groups is 1. The van der Waals surface area contributed by atoms with Gasteiger partial charge in [0.05, 0.1) is 5.75 Å². The molecule has 0 spiro atoms. The van der Waals surface area contributed by atoms with E-state index in [1.807, 2.05) is 19.9 Å². The van der Waals surface area contributed by atoms with Crippen molar-refractivity contribution in [1.82, 2.24) is 4.90 Å². The monoisotopic (exact) mass is 360 g/mol. The molecule has 4 rings (SSSR count). The molecule has 2 aliphatic heterocycles. The second-order valence-corrected chi connectivity index (χ2v) is 9.80. The SMILES string of the molecule is CC1(C)CCc2ccc(C3CCCN4CCS(=O)(=O)N=C34)cc2C1=O. The van der Waals surface area contributed by atoms with Crippen molar-refractivity contribution in [2.75, 3.05) is 18.8 Å². The maximum atomic E-state index is 12.8. The minimum absolute atomic E-state index is 0.0352. The highest BCUT2D eigenvalue weighted by molar-refractivity contribution is 7.90. The molecule has 0 saturated carbocycles. The summed E-state index contributed by atoms with van der Waals surface area (Å²) in [6.45, 7) is 5.40. The summed E-state index contributed by atoms with van der Waals surface area (Å²) in [6.07, 6.45) is 3.68. The van der Waals surface area contributed by atoms with E-state index in [1.54, 1.807) is 0 Å². The fraction of sp³-hybridized carbons (Fsp3) is 0.579. The standard InChI is InChI=1S/C19H24N2O3S/c1-19(2)8-7-13-5-6-14(12-16(13)17(19)22)15-4-3-9-21-10-11-25(23,24)20-18(15)21/h5-6,12,15H,3-4,7-11H2,1-2H3. The molecule has 1 aromatic carbocycles. The lowest BCUT2D eigenvalue weighted by Gasteiger charge is -2.38. The van der Waals surface area contributed by atoms with E-state index in [0.29, 0.717) is 12.4 Å². The van der Waals surface area contributed by atoms with E-state index in [9.17, 15) is 13.2 Å². The summed E-state index contributed by atoms with van der Waals surface area (Å²) >= 11 is 0. The molecule has 134 valence electrons. The van der Waals surface area contributed by atoms with Crippen molar-refractivity contribution in [2.24, 2.45) is 9.81 Å². The first-order valence-corrected chi connectivity index (χ1v) is 10.6. The normalized spacial score (nSPS) is 27.3. The molecular weight excluding hydrogens is 336 g/mol. The summed E-state index contributed by atoms with van der Waals surface area (Å²) in [7, 11) is -3.36. The zero-order valence-electron chi connectivity index (χ0n) is 14.8. The average Bonchev–Trinajstić information content (AvgIpc) is 2.57. The number of ketones is 1. The van der Waals surface area contributed by atoms with Gasteiger partial charge in [-0.3, -0.25) is 4.79 Å². The van der Waals surface area contributed by atoms with Crippen LogP contribution in [0.25, 0.3) is 0 Å². The predicted molar refractivity (Wildman–Crippen MR) is 97.6 cm³/mol. The van der Waals surface area contributed by atoms with E-state index in [0.717, 1.165) is 48.9 Å². The Hall–Kier alpha value is -1.69. The van der Waals surface area contributed by atoms with Crippen molar-refractivity contribution in [2.45, 2.75) is 45.4 Å². The maximum absolute atomic E-state index is 12.8. The third-order valence-electron chi connectivity index (χ3n) is 5.82. The van der Waals surface area contributed by atoms with Gasteiger partial charge in [0.25, 0.3) is 10.0 Å². The number of sulfonamides is 1. The van der Waals surface area contributed by atoms with Gasteiger partial charge in [0.1, 0.15) is 5.84 Å². The van der Waals surface area contributed by atoms with E-state index >= 15 is 0 Å². The van der Waals surface area contributed by atoms with Crippen molar-refractivity contribution < 1.29 is 13.2 Å². The number of benzene rings is 1. The highest BCUT2D eigenvalue weighted by Crippen LogP contribution is 2.38. The molecule has 6 heteroatoms. The molecule has 1 atom stereocenters. The summed E-state index contributed by atoms with van der Waals surface area (Å²) < 4.78 is 28.1. The fourth-order valence-corrected chi connectivity index (χ4v) is 5.26. The van der Waals surface area contributed by atoms with Crippen LogP contribution in [0.4, 0.5) is 0 Å². The number of hydrogen-bond donors (Lipinski definition) is 0. The van der Waals surface area contributed by atoms with Crippen LogP contribution in [0.3, 0.4) is 0 Å². The smallest absolute Gasteiger partial charge is 0.256 e. The summed E-state index contributed by atoms with van der Waals surface area (Å²) in [4.78, 5) is 14.9. The Balaban J connectivity index is 1.76. The molecule has 1 unspecified atom stereocenters. The van der Waals surface area contributed by atoms with E-state index in [-0.39, 0.29) is 22.9 Å². The van der Waals surface area contributed by atoms with E-state index in [2.05, 4.69) is 21.4 Å². The van der Waals surface area contributed by atoms with Crippen LogP contribution in [0.5, 0.6) is 0 Å². The molecule has 0 amide bonds. The molecule has 0 bridgehead atoms. The number of fused-ring (bicyclic) bond motifs is 2. The Labute approximate surface area is 149 Å². The summed E-state index contributed by atoms with van der Waals surface area (Å²) in [5, 5.41) is 0. The second-order valence-electron chi connectivity index (χ2n) is 8.05. The Morgan fingerprint density at radius 3 is 2.84 bits per heavy atom. The first-order chi connectivity index (χ1) is 11.8. The van der Waals surface area contributed by atoms with Crippen LogP contribution in [0.15, 0.2) is 22.6 Å². The van der Waals surface area contributed by atoms with Gasteiger partial charge >= 0.3 is 0 Å². The quantitative estimate of drug-likeness (QED) is 0.772. The molecule has 1 saturated heterocycles. The Bertz CT molecular complexity index is 871. The van der Waals surface area contributed by atoms with Gasteiger partial charge < -0.3 is 4.90 Å². The van der Waals surface area contributed by atoms with Crippen LogP contribution in [0, 0.1) is 5.41 Å². The van der Waals surface area contributed by atoms with Gasteiger partial charge in [-0.25, -0.2) is 8.42 Å². The van der Waals surface area contributed by atoms with Crippen LogP contribution in [-0.2, 0) is 16.4 Å². The number of carbonyl (C=O) groups is 1. The lowest BCUT2D eigenvalue weighted by Crippen LogP contribution is -2.46. The molecule has 5 nitrogen and oxygen atoms in total. The topological polar surface area (TPSA) is 66.8 Å². The minimum Gasteiger partial charge on any atom is -0.358 e. The van der Waals surface area contributed by atoms with Crippen molar-refractivity contribution in [3.8, 4) is 0 Å². The summed E-state index contributed by atoms with van der Waals surface area (Å²) in [6, 6.07) is 6.10. The van der Waals surface area contributed by atoms with Crippen LogP contribution in [-0.4, -0.2) is 43.8 Å². The van der Waals surface area contributed by atoms with Crippen LogP contribution in [0.2, 0.25) is 0 Å². The Morgan fingerprint density at radius 1 is 1.24 bits per heavy atom. The number of Topliss-reactive ketones (excluding diaryl/α,β-unsaturated/α-hetero) is 1. The van der Waals surface area contributed by atoms with Crippen molar-refractivity contribution in [3.05, 3.63) is 34.9 Å². The molecule has 3 aliphatic rings. The fourth-order valence-electron chi connectivity index (χ4n) is 4.19. The first kappa shape index (κ1) is 16.8. The van der Waals surface area contributed by atoms with Crippen LogP contribution >= 0.6 is 0 Å². The molecule has 0 N–H and O–H groups in total. The number of hydrogen-bond acceptors (Lipinski definition) is 4. The Kier molecular flexibility index (Phi) is 3.79. The third-order valence-corrected chi connectivity index (χ3v) is 6.99. The van der Waals surface area contributed by atoms with Gasteiger partial charge in [0, 0.05) is 30.0 Å². The largest absolute Gasteiger partial charge is 0.358 e. The number of aryl methyl sites for hydroxylation is 1. The molecular formula is C19H24N2O3S. The minimum atomic E-state index is -3.36. The number of nitrogens with zero attached hydrogens (tertiary/aromatic N) is 2. The summed E-state index contributed by atoms with van der Waals surface area (Å²) in [5.74, 6) is 0.925. The second kappa shape index (κ2) is 5.66. The highest BCUT2D eigenvalue weighted by atomic mass is 32.2. The molecule has 0 aromatic heterocycles. The van der Waals surface area contributed by atoms with E-state index in [4.69, 9.17) is 0 Å². The van der Waals surface area contributed by atoms with Crippen LogP contribution in [0.1, 0.15) is 60.5 Å². The number of carbonyl (C=O) groups excluding carboxylic acids is 1. The van der Waals surface area contributed by atoms with Gasteiger partial charge in [0.2, 0.25) is 0 Å². The van der Waals surface area contributed by atoms with Gasteiger partial charge in [-0.2, -0.15) is 0 Å². The van der Waals surface area contributed by atoms with Gasteiger partial charge in [-0.05, 0) is 42.9 Å². The molecule has 0 radical (unpaired) electrons. The predicted octanol–water partition coefficient (Wildman–Crippen LogP) is 2.76. The van der Waals surface area contributed by atoms with E-state index in [1.165, 1.54) is 0 Å². The first-order valence-electron chi connectivity index (χ1n) is 9.02. The zero-order valence-corrected chi connectivity index (χ0v) is 15.6. The Morgan fingerprint density at radius 2 is 2.04 bits per heavy atom. The van der Waals surface area contributed by atoms with E-state index < -0.39 is 10.0 Å². The summed E-state index contributed by atoms with van der Waals surface area (Å²) in [5.41, 5.74) is 2.62. The van der Waals surface area contributed by atoms with Crippen LogP contribution < -0.4 is 0 Å². The lowest BCUT2D eigenvalue weighted by atomic mass is 9.72. The van der Waals surface area contributed by atoms with Crippen molar-refractivity contribution >= 4 is 21.6 Å². The third kappa shape index (κ3) is 2.90. The van der Waals surface area contributed by atoms with Crippen molar-refractivity contribution in [1.29, 1.82) is 0 Å². The molecule has 1 aliphatic carbocycles. The number of rotatable bonds is 1. The van der Waals surface area contributed by atoms with Gasteiger partial charge in [0.15, 0.2) is 5.78 Å². The highest BCUT2D eigenvalue weighted by Gasteiger charge is 2.37. The molecule has 1 aromatic rings. The molecule has 2 heterocycles. The van der Waals surface area contributed by atoms with Crippen molar-refractivity contribution in [3.63, 3.8) is 0 Å². The molecule has 25 heavy (non-hydrogen) atoms. The lowest BCUT2D eigenvalue weighted by molar-refractivity contribution is 0.0811. The number of piperidine rings is 1. The van der Waals surface area contributed by atoms with Gasteiger partial charge in [-0.1, -0.05) is 26.0 Å².